The minimum absolute atomic E-state index is 0.225. The van der Waals surface area contributed by atoms with Gasteiger partial charge in [-0.15, -0.1) is 0 Å². The second-order valence-electron chi connectivity index (χ2n) is 7.23. The van der Waals surface area contributed by atoms with Gasteiger partial charge in [0.2, 0.25) is 0 Å². The number of methoxy groups -OCH3 is 2. The van der Waals surface area contributed by atoms with Gasteiger partial charge in [-0.1, -0.05) is 24.3 Å². The third kappa shape index (κ3) is 3.51. The van der Waals surface area contributed by atoms with Crippen molar-refractivity contribution < 1.29 is 14.3 Å². The Kier molecular flexibility index (Phi) is 5.03. The molecule has 0 saturated carbocycles. The first-order chi connectivity index (χ1) is 15.2. The highest BCUT2D eigenvalue weighted by Gasteiger charge is 2.26. The van der Waals surface area contributed by atoms with E-state index in [9.17, 15) is 4.79 Å². The van der Waals surface area contributed by atoms with Gasteiger partial charge in [-0.3, -0.25) is 4.79 Å². The average Bonchev–Trinajstić information content (AvgIpc) is 3.40. The molecule has 0 bridgehead atoms. The van der Waals surface area contributed by atoms with Gasteiger partial charge in [-0.2, -0.15) is 16.9 Å². The van der Waals surface area contributed by atoms with Gasteiger partial charge in [0.15, 0.2) is 0 Å². The number of rotatable bonds is 5. The zero-order valence-corrected chi connectivity index (χ0v) is 18.0. The molecule has 31 heavy (non-hydrogen) atoms. The van der Waals surface area contributed by atoms with Gasteiger partial charge in [0, 0.05) is 17.1 Å². The normalized spacial score (nSPS) is 12.6. The molecule has 1 aromatic heterocycles. The largest absolute Gasteiger partial charge is 0.497 e. The van der Waals surface area contributed by atoms with E-state index in [0.29, 0.717) is 17.1 Å². The minimum Gasteiger partial charge on any atom is -0.497 e. The first-order valence-electron chi connectivity index (χ1n) is 9.89. The number of hydrogen-bond acceptors (Lipinski definition) is 5. The Balaban J connectivity index is 1.55. The predicted octanol–water partition coefficient (Wildman–Crippen LogP) is 5.04. The summed E-state index contributed by atoms with van der Waals surface area (Å²) in [6.07, 6.45) is 0. The van der Waals surface area contributed by atoms with E-state index in [4.69, 9.17) is 14.6 Å². The van der Waals surface area contributed by atoms with Crippen LogP contribution in [0.25, 0.3) is 16.5 Å². The monoisotopic (exact) mass is 431 g/mol. The van der Waals surface area contributed by atoms with Gasteiger partial charge in [0.1, 0.15) is 17.3 Å². The molecule has 5 rings (SSSR count). The molecule has 1 aliphatic rings. The number of amides is 1. The molecule has 0 fully saturated rings. The second kappa shape index (κ2) is 8.00. The number of aromatic nitrogens is 2. The predicted molar refractivity (Wildman–Crippen MR) is 124 cm³/mol. The van der Waals surface area contributed by atoms with Crippen LogP contribution < -0.4 is 14.8 Å². The molecule has 6 nitrogen and oxygen atoms in total. The topological polar surface area (TPSA) is 65.4 Å². The number of benzene rings is 3. The lowest BCUT2D eigenvalue weighted by Crippen LogP contribution is -2.17. The van der Waals surface area contributed by atoms with Gasteiger partial charge in [-0.25, -0.2) is 4.68 Å². The van der Waals surface area contributed by atoms with Crippen LogP contribution in [0.2, 0.25) is 0 Å². The van der Waals surface area contributed by atoms with Crippen LogP contribution in [0.15, 0.2) is 60.7 Å². The van der Waals surface area contributed by atoms with Crippen molar-refractivity contribution in [2.45, 2.75) is 11.5 Å². The van der Waals surface area contributed by atoms with E-state index in [-0.39, 0.29) is 5.91 Å². The number of anilines is 1. The molecule has 156 valence electrons. The zero-order valence-electron chi connectivity index (χ0n) is 17.2. The van der Waals surface area contributed by atoms with Gasteiger partial charge in [0.05, 0.1) is 31.2 Å². The van der Waals surface area contributed by atoms with Crippen LogP contribution in [-0.4, -0.2) is 29.9 Å². The molecule has 3 aromatic carbocycles. The highest BCUT2D eigenvalue weighted by atomic mass is 32.2. The molecule has 7 heteroatoms. The van der Waals surface area contributed by atoms with Crippen molar-refractivity contribution in [2.24, 2.45) is 0 Å². The smallest absolute Gasteiger partial charge is 0.260 e. The lowest BCUT2D eigenvalue weighted by molar-refractivity contribution is 0.102. The fourth-order valence-corrected chi connectivity index (χ4v) is 4.83. The van der Waals surface area contributed by atoms with Crippen molar-refractivity contribution in [3.05, 3.63) is 77.5 Å². The zero-order chi connectivity index (χ0) is 21.4. The summed E-state index contributed by atoms with van der Waals surface area (Å²) < 4.78 is 12.6. The summed E-state index contributed by atoms with van der Waals surface area (Å²) in [4.78, 5) is 13.4. The van der Waals surface area contributed by atoms with E-state index in [1.807, 2.05) is 60.7 Å². The first-order valence-corrected chi connectivity index (χ1v) is 11.0. The van der Waals surface area contributed by atoms with E-state index in [0.717, 1.165) is 45.0 Å². The summed E-state index contributed by atoms with van der Waals surface area (Å²) >= 11 is 1.79. The van der Waals surface area contributed by atoms with Crippen molar-refractivity contribution in [1.82, 2.24) is 9.78 Å². The molecule has 0 aliphatic carbocycles. The molecule has 1 amide bonds. The van der Waals surface area contributed by atoms with Crippen LogP contribution in [0.3, 0.4) is 0 Å². The maximum absolute atomic E-state index is 13.4. The van der Waals surface area contributed by atoms with Gasteiger partial charge < -0.3 is 14.8 Å². The molecule has 1 aliphatic heterocycles. The van der Waals surface area contributed by atoms with E-state index in [1.54, 1.807) is 30.7 Å². The van der Waals surface area contributed by atoms with Gasteiger partial charge >= 0.3 is 0 Å². The number of nitrogens with one attached hydrogen (secondary N) is 1. The summed E-state index contributed by atoms with van der Waals surface area (Å²) in [5, 5.41) is 9.88. The molecule has 1 N–H and O–H groups in total. The van der Waals surface area contributed by atoms with Gasteiger partial charge in [0.25, 0.3) is 5.91 Å². The summed E-state index contributed by atoms with van der Waals surface area (Å²) in [6, 6.07) is 19.3. The van der Waals surface area contributed by atoms with E-state index >= 15 is 0 Å². The summed E-state index contributed by atoms with van der Waals surface area (Å²) in [5.41, 5.74) is 3.42. The van der Waals surface area contributed by atoms with Crippen LogP contribution in [0.1, 0.15) is 21.6 Å². The third-order valence-corrected chi connectivity index (χ3v) is 6.38. The standard InChI is InChI=1S/C24H21N3O3S/c1-29-18-9-7-17(8-10-18)27-23(20-13-31-14-21(20)26-27)25-24(28)19-11-15-5-3-4-6-16(15)12-22(19)30-2/h3-12H,13-14H2,1-2H3,(H,25,28). The fourth-order valence-electron chi connectivity index (χ4n) is 3.79. The Morgan fingerprint density at radius 2 is 1.74 bits per heavy atom. The van der Waals surface area contributed by atoms with Crippen LogP contribution in [0.4, 0.5) is 5.82 Å². The van der Waals surface area contributed by atoms with Crippen molar-refractivity contribution in [3.63, 3.8) is 0 Å². The summed E-state index contributed by atoms with van der Waals surface area (Å²) in [6.45, 7) is 0. The Bertz CT molecular complexity index is 1280. The van der Waals surface area contributed by atoms with Gasteiger partial charge in [-0.05, 0) is 47.2 Å². The quantitative estimate of drug-likeness (QED) is 0.479. The van der Waals surface area contributed by atoms with Crippen LogP contribution in [0, 0.1) is 0 Å². The minimum atomic E-state index is -0.225. The van der Waals surface area contributed by atoms with Crippen molar-refractivity contribution in [3.8, 4) is 17.2 Å². The number of fused-ring (bicyclic) bond motifs is 2. The maximum Gasteiger partial charge on any atom is 0.260 e. The molecule has 0 unspecified atom stereocenters. The van der Waals surface area contributed by atoms with Crippen molar-refractivity contribution >= 4 is 34.3 Å². The number of ether oxygens (including phenoxy) is 2. The lowest BCUT2D eigenvalue weighted by Gasteiger charge is -2.14. The Labute approximate surface area is 184 Å². The van der Waals surface area contributed by atoms with E-state index in [1.165, 1.54) is 0 Å². The maximum atomic E-state index is 13.4. The van der Waals surface area contributed by atoms with Crippen molar-refractivity contribution in [2.75, 3.05) is 19.5 Å². The average molecular weight is 432 g/mol. The number of hydrogen-bond donors (Lipinski definition) is 1. The number of thioether (sulfide) groups is 1. The first kappa shape index (κ1) is 19.5. The van der Waals surface area contributed by atoms with Crippen molar-refractivity contribution in [1.29, 1.82) is 0 Å². The summed E-state index contributed by atoms with van der Waals surface area (Å²) in [5.74, 6) is 3.43. The highest BCUT2D eigenvalue weighted by Crippen LogP contribution is 2.37. The Morgan fingerprint density at radius 1 is 1.00 bits per heavy atom. The molecule has 0 atom stereocenters. The number of carbonyl (C=O) groups is 1. The molecular weight excluding hydrogens is 410 g/mol. The third-order valence-electron chi connectivity index (χ3n) is 5.41. The molecule has 0 spiro atoms. The number of nitrogens with zero attached hydrogens (tertiary/aromatic N) is 2. The molecule has 0 radical (unpaired) electrons. The molecule has 4 aromatic rings. The lowest BCUT2D eigenvalue weighted by atomic mass is 10.1. The second-order valence-corrected chi connectivity index (χ2v) is 8.22. The molecule has 2 heterocycles. The Hall–Kier alpha value is -3.45. The Morgan fingerprint density at radius 3 is 2.45 bits per heavy atom. The SMILES string of the molecule is COc1ccc(-n2nc3c(c2NC(=O)c2cc4ccccc4cc2OC)CSC3)cc1. The van der Waals surface area contributed by atoms with Crippen LogP contribution >= 0.6 is 11.8 Å². The highest BCUT2D eigenvalue weighted by molar-refractivity contribution is 7.98. The van der Waals surface area contributed by atoms with Crippen LogP contribution in [0.5, 0.6) is 11.5 Å². The molecule has 0 saturated heterocycles. The summed E-state index contributed by atoms with van der Waals surface area (Å²) in [7, 11) is 3.22. The molecular formula is C24H21N3O3S. The number of carbonyl (C=O) groups excluding carboxylic acids is 1. The fraction of sp³-hybridized carbons (Fsp3) is 0.167. The van der Waals surface area contributed by atoms with E-state index in [2.05, 4.69) is 5.32 Å². The van der Waals surface area contributed by atoms with E-state index < -0.39 is 0 Å². The van der Waals surface area contributed by atoms with Crippen LogP contribution in [-0.2, 0) is 11.5 Å².